The zero-order chi connectivity index (χ0) is 14.1. The van der Waals surface area contributed by atoms with Crippen molar-refractivity contribution in [2.24, 2.45) is 0 Å². The number of hydrogen-bond acceptors (Lipinski definition) is 2. The normalized spacial score (nSPS) is 11.2. The van der Waals surface area contributed by atoms with Crippen LogP contribution in [0.15, 0.2) is 16.6 Å². The highest BCUT2D eigenvalue weighted by molar-refractivity contribution is 9.10. The van der Waals surface area contributed by atoms with Gasteiger partial charge in [-0.3, -0.25) is 4.90 Å². The molecule has 0 radical (unpaired) electrons. The first-order chi connectivity index (χ1) is 8.20. The van der Waals surface area contributed by atoms with Gasteiger partial charge in [-0.2, -0.15) is 0 Å². The Labute approximate surface area is 113 Å². The third-order valence-corrected chi connectivity index (χ3v) is 2.95. The monoisotopic (exact) mass is 319 g/mol. The zero-order valence-electron chi connectivity index (χ0n) is 10.6. The minimum Gasteiger partial charge on any atom is -0.492 e. The predicted octanol–water partition coefficient (Wildman–Crippen LogP) is 3.88. The van der Waals surface area contributed by atoms with Crippen LogP contribution in [0.25, 0.3) is 0 Å². The van der Waals surface area contributed by atoms with Crippen molar-refractivity contribution in [2.75, 3.05) is 12.0 Å². The Hall–Kier alpha value is -1.30. The molecule has 100 valence electrons. The standard InChI is InChI=1S/C12H15BrFNO3/c1-12(2,3)15(11(16)17)8-6-5-7(13)9(14)10(8)18-4/h5-6H,1-4H3,(H,16,17). The molecule has 0 saturated heterocycles. The summed E-state index contributed by atoms with van der Waals surface area (Å²) >= 11 is 3.04. The van der Waals surface area contributed by atoms with Crippen LogP contribution in [-0.2, 0) is 0 Å². The first-order valence-corrected chi connectivity index (χ1v) is 6.04. The van der Waals surface area contributed by atoms with Crippen molar-refractivity contribution in [1.82, 2.24) is 0 Å². The van der Waals surface area contributed by atoms with Gasteiger partial charge < -0.3 is 9.84 Å². The van der Waals surface area contributed by atoms with E-state index in [-0.39, 0.29) is 15.9 Å². The number of hydrogen-bond donors (Lipinski definition) is 1. The summed E-state index contributed by atoms with van der Waals surface area (Å²) in [4.78, 5) is 12.4. The number of carboxylic acid groups (broad SMARTS) is 1. The second-order valence-corrected chi connectivity index (χ2v) is 5.56. The van der Waals surface area contributed by atoms with Crippen molar-refractivity contribution in [3.8, 4) is 5.75 Å². The van der Waals surface area contributed by atoms with Crippen LogP contribution >= 0.6 is 15.9 Å². The number of methoxy groups -OCH3 is 1. The lowest BCUT2D eigenvalue weighted by molar-refractivity contribution is 0.195. The van der Waals surface area contributed by atoms with Crippen LogP contribution < -0.4 is 9.64 Å². The molecule has 1 aromatic rings. The molecule has 1 amide bonds. The fourth-order valence-corrected chi connectivity index (χ4v) is 1.96. The fourth-order valence-electron chi connectivity index (χ4n) is 1.64. The predicted molar refractivity (Wildman–Crippen MR) is 70.9 cm³/mol. The van der Waals surface area contributed by atoms with Crippen molar-refractivity contribution < 1.29 is 19.0 Å². The number of benzene rings is 1. The molecule has 0 fully saturated rings. The van der Waals surface area contributed by atoms with E-state index in [1.165, 1.54) is 19.2 Å². The van der Waals surface area contributed by atoms with Crippen LogP contribution in [-0.4, -0.2) is 23.8 Å². The van der Waals surface area contributed by atoms with Crippen LogP contribution in [0.2, 0.25) is 0 Å². The summed E-state index contributed by atoms with van der Waals surface area (Å²) in [6, 6.07) is 2.96. The molecule has 0 aliphatic heterocycles. The molecule has 18 heavy (non-hydrogen) atoms. The van der Waals surface area contributed by atoms with Crippen molar-refractivity contribution in [3.05, 3.63) is 22.4 Å². The van der Waals surface area contributed by atoms with Crippen molar-refractivity contribution in [3.63, 3.8) is 0 Å². The summed E-state index contributed by atoms with van der Waals surface area (Å²) < 4.78 is 19.1. The summed E-state index contributed by atoms with van der Waals surface area (Å²) in [6.07, 6.45) is -1.16. The minimum absolute atomic E-state index is 0.0956. The van der Waals surface area contributed by atoms with Gasteiger partial charge in [0.05, 0.1) is 17.3 Å². The second kappa shape index (κ2) is 5.14. The third kappa shape index (κ3) is 2.75. The first-order valence-electron chi connectivity index (χ1n) is 5.25. The van der Waals surface area contributed by atoms with Gasteiger partial charge in [-0.15, -0.1) is 0 Å². The fraction of sp³-hybridized carbons (Fsp3) is 0.417. The van der Waals surface area contributed by atoms with Gasteiger partial charge in [-0.25, -0.2) is 9.18 Å². The lowest BCUT2D eigenvalue weighted by atomic mass is 10.1. The number of amides is 1. The van der Waals surface area contributed by atoms with Crippen molar-refractivity contribution in [2.45, 2.75) is 26.3 Å². The molecule has 1 N–H and O–H groups in total. The Morgan fingerprint density at radius 3 is 2.39 bits per heavy atom. The molecule has 0 saturated carbocycles. The van der Waals surface area contributed by atoms with E-state index in [1.54, 1.807) is 20.8 Å². The zero-order valence-corrected chi connectivity index (χ0v) is 12.2. The van der Waals surface area contributed by atoms with E-state index in [9.17, 15) is 14.3 Å². The number of carbonyl (C=O) groups is 1. The van der Waals surface area contributed by atoms with Gasteiger partial charge in [0.25, 0.3) is 0 Å². The molecule has 6 heteroatoms. The second-order valence-electron chi connectivity index (χ2n) is 4.70. The first kappa shape index (κ1) is 14.8. The highest BCUT2D eigenvalue weighted by atomic mass is 79.9. The number of rotatable bonds is 2. The largest absolute Gasteiger partial charge is 0.492 e. The Bertz CT molecular complexity index is 471. The van der Waals surface area contributed by atoms with Crippen LogP contribution in [0, 0.1) is 5.82 Å². The van der Waals surface area contributed by atoms with Gasteiger partial charge in [0, 0.05) is 5.54 Å². The van der Waals surface area contributed by atoms with Crippen LogP contribution in [0.4, 0.5) is 14.9 Å². The van der Waals surface area contributed by atoms with Crippen molar-refractivity contribution in [1.29, 1.82) is 0 Å². The van der Waals surface area contributed by atoms with Crippen LogP contribution in [0.5, 0.6) is 5.75 Å². The van der Waals surface area contributed by atoms with E-state index in [4.69, 9.17) is 4.74 Å². The van der Waals surface area contributed by atoms with E-state index in [2.05, 4.69) is 15.9 Å². The van der Waals surface area contributed by atoms with Gasteiger partial charge >= 0.3 is 6.09 Å². The molecule has 0 bridgehead atoms. The van der Waals surface area contributed by atoms with E-state index in [0.29, 0.717) is 0 Å². The SMILES string of the molecule is COc1c(N(C(=O)O)C(C)(C)C)ccc(Br)c1F. The van der Waals surface area contributed by atoms with Gasteiger partial charge in [-0.1, -0.05) is 0 Å². The van der Waals surface area contributed by atoms with Gasteiger partial charge in [-0.05, 0) is 48.8 Å². The molecule has 0 aliphatic carbocycles. The highest BCUT2D eigenvalue weighted by Gasteiger charge is 2.31. The molecule has 0 heterocycles. The molecule has 0 unspecified atom stereocenters. The summed E-state index contributed by atoms with van der Waals surface area (Å²) in [5, 5.41) is 9.28. The van der Waals surface area contributed by atoms with E-state index in [0.717, 1.165) is 4.90 Å². The average Bonchev–Trinajstić information content (AvgIpc) is 2.21. The average molecular weight is 320 g/mol. The van der Waals surface area contributed by atoms with E-state index < -0.39 is 17.4 Å². The molecule has 0 spiro atoms. The lowest BCUT2D eigenvalue weighted by Gasteiger charge is -2.34. The number of nitrogens with zero attached hydrogens (tertiary/aromatic N) is 1. The maximum Gasteiger partial charge on any atom is 0.412 e. The van der Waals surface area contributed by atoms with E-state index in [1.807, 2.05) is 0 Å². The highest BCUT2D eigenvalue weighted by Crippen LogP contribution is 2.38. The minimum atomic E-state index is -1.16. The topological polar surface area (TPSA) is 49.8 Å². The lowest BCUT2D eigenvalue weighted by Crippen LogP contribution is -2.45. The molecule has 0 aliphatic rings. The van der Waals surface area contributed by atoms with Gasteiger partial charge in [0.15, 0.2) is 11.6 Å². The summed E-state index contributed by atoms with van der Waals surface area (Å²) in [5.74, 6) is -0.716. The van der Waals surface area contributed by atoms with Crippen LogP contribution in [0.3, 0.4) is 0 Å². The maximum absolute atomic E-state index is 13.9. The molecule has 1 rings (SSSR count). The molecular formula is C12H15BrFNO3. The summed E-state index contributed by atoms with van der Waals surface area (Å²) in [5.41, 5.74) is -0.530. The Morgan fingerprint density at radius 1 is 1.44 bits per heavy atom. The Kier molecular flexibility index (Phi) is 4.21. The summed E-state index contributed by atoms with van der Waals surface area (Å²) in [7, 11) is 1.30. The number of halogens is 2. The van der Waals surface area contributed by atoms with E-state index >= 15 is 0 Å². The van der Waals surface area contributed by atoms with Crippen molar-refractivity contribution >= 4 is 27.7 Å². The van der Waals surface area contributed by atoms with Gasteiger partial charge in [0.1, 0.15) is 0 Å². The molecule has 0 atom stereocenters. The van der Waals surface area contributed by atoms with Gasteiger partial charge in [0.2, 0.25) is 0 Å². The Balaban J connectivity index is 3.47. The molecule has 0 aromatic heterocycles. The third-order valence-electron chi connectivity index (χ3n) is 2.34. The Morgan fingerprint density at radius 2 is 2.00 bits per heavy atom. The molecule has 1 aromatic carbocycles. The van der Waals surface area contributed by atoms with Crippen LogP contribution in [0.1, 0.15) is 20.8 Å². The smallest absolute Gasteiger partial charge is 0.412 e. The molecule has 4 nitrogen and oxygen atoms in total. The summed E-state index contributed by atoms with van der Waals surface area (Å²) in [6.45, 7) is 5.17. The molecular weight excluding hydrogens is 305 g/mol. The maximum atomic E-state index is 13.9. The number of ether oxygens (including phenoxy) is 1. The quantitative estimate of drug-likeness (QED) is 0.900. The number of anilines is 1.